The molecule has 82 valence electrons. The SMILES string of the molecule is CC1NCc2nn(-c3ccc(F)cc3)cc21. The van der Waals surface area contributed by atoms with Crippen molar-refractivity contribution in [3.05, 3.63) is 47.5 Å². The molecule has 3 rings (SSSR count). The van der Waals surface area contributed by atoms with Crippen molar-refractivity contribution in [2.75, 3.05) is 0 Å². The Morgan fingerprint density at radius 2 is 2.12 bits per heavy atom. The normalized spacial score (nSPS) is 18.8. The van der Waals surface area contributed by atoms with Crippen LogP contribution in [-0.4, -0.2) is 9.78 Å². The highest BCUT2D eigenvalue weighted by Gasteiger charge is 2.21. The Morgan fingerprint density at radius 1 is 1.38 bits per heavy atom. The molecule has 1 aliphatic heterocycles. The Kier molecular flexibility index (Phi) is 2.04. The van der Waals surface area contributed by atoms with Crippen molar-refractivity contribution in [1.82, 2.24) is 15.1 Å². The van der Waals surface area contributed by atoms with E-state index in [0.717, 1.165) is 17.9 Å². The van der Waals surface area contributed by atoms with E-state index in [9.17, 15) is 4.39 Å². The van der Waals surface area contributed by atoms with Crippen molar-refractivity contribution in [3.8, 4) is 5.69 Å². The second-order valence-electron chi connectivity index (χ2n) is 4.05. The molecule has 1 aromatic heterocycles. The minimum Gasteiger partial charge on any atom is -0.304 e. The molecule has 0 saturated carbocycles. The molecule has 0 saturated heterocycles. The Bertz CT molecular complexity index is 516. The summed E-state index contributed by atoms with van der Waals surface area (Å²) >= 11 is 0. The molecule has 2 heterocycles. The number of nitrogens with zero attached hydrogens (tertiary/aromatic N) is 2. The van der Waals surface area contributed by atoms with Crippen molar-refractivity contribution in [1.29, 1.82) is 0 Å². The van der Waals surface area contributed by atoms with Gasteiger partial charge in [0.1, 0.15) is 5.82 Å². The van der Waals surface area contributed by atoms with Gasteiger partial charge in [-0.1, -0.05) is 0 Å². The number of nitrogens with one attached hydrogen (secondary N) is 1. The van der Waals surface area contributed by atoms with E-state index in [1.165, 1.54) is 17.7 Å². The lowest BCUT2D eigenvalue weighted by molar-refractivity contribution is 0.616. The molecule has 0 amide bonds. The van der Waals surface area contributed by atoms with E-state index in [2.05, 4.69) is 17.3 Å². The van der Waals surface area contributed by atoms with Gasteiger partial charge in [-0.05, 0) is 31.2 Å². The summed E-state index contributed by atoms with van der Waals surface area (Å²) in [6, 6.07) is 6.71. The lowest BCUT2D eigenvalue weighted by Crippen LogP contribution is -2.09. The lowest BCUT2D eigenvalue weighted by atomic mass is 10.2. The number of hydrogen-bond acceptors (Lipinski definition) is 2. The second-order valence-corrected chi connectivity index (χ2v) is 4.05. The summed E-state index contributed by atoms with van der Waals surface area (Å²) in [5.41, 5.74) is 3.20. The zero-order valence-electron chi connectivity index (χ0n) is 8.94. The van der Waals surface area contributed by atoms with E-state index >= 15 is 0 Å². The van der Waals surface area contributed by atoms with E-state index in [0.29, 0.717) is 6.04 Å². The third-order valence-corrected chi connectivity index (χ3v) is 2.96. The highest BCUT2D eigenvalue weighted by molar-refractivity contribution is 5.35. The van der Waals surface area contributed by atoms with E-state index in [1.807, 2.05) is 6.20 Å². The molecule has 0 aliphatic carbocycles. The maximum atomic E-state index is 12.8. The van der Waals surface area contributed by atoms with Gasteiger partial charge in [0.15, 0.2) is 0 Å². The van der Waals surface area contributed by atoms with Gasteiger partial charge >= 0.3 is 0 Å². The quantitative estimate of drug-likeness (QED) is 0.793. The third-order valence-electron chi connectivity index (χ3n) is 2.96. The van der Waals surface area contributed by atoms with Gasteiger partial charge in [-0.15, -0.1) is 0 Å². The van der Waals surface area contributed by atoms with Crippen molar-refractivity contribution in [2.24, 2.45) is 0 Å². The molecule has 0 fully saturated rings. The van der Waals surface area contributed by atoms with Gasteiger partial charge in [0, 0.05) is 24.3 Å². The fraction of sp³-hybridized carbons (Fsp3) is 0.250. The molecule has 3 nitrogen and oxygen atoms in total. The topological polar surface area (TPSA) is 29.9 Å². The van der Waals surface area contributed by atoms with E-state index in [-0.39, 0.29) is 5.82 Å². The Labute approximate surface area is 92.9 Å². The first kappa shape index (κ1) is 9.54. The molecule has 1 aromatic carbocycles. The molecule has 4 heteroatoms. The van der Waals surface area contributed by atoms with Crippen LogP contribution in [0.15, 0.2) is 30.5 Å². The second kappa shape index (κ2) is 3.42. The van der Waals surface area contributed by atoms with Gasteiger partial charge in [0.25, 0.3) is 0 Å². The van der Waals surface area contributed by atoms with Gasteiger partial charge in [-0.25, -0.2) is 9.07 Å². The number of rotatable bonds is 1. The molecule has 1 N–H and O–H groups in total. The van der Waals surface area contributed by atoms with E-state index in [1.54, 1.807) is 16.8 Å². The fourth-order valence-electron chi connectivity index (χ4n) is 2.01. The van der Waals surface area contributed by atoms with Crippen LogP contribution in [0, 0.1) is 5.82 Å². The molecule has 0 bridgehead atoms. The monoisotopic (exact) mass is 217 g/mol. The zero-order chi connectivity index (χ0) is 11.1. The van der Waals surface area contributed by atoms with Crippen LogP contribution in [0.1, 0.15) is 24.2 Å². The van der Waals surface area contributed by atoms with Gasteiger partial charge in [0.05, 0.1) is 11.4 Å². The Hall–Kier alpha value is -1.68. The van der Waals surface area contributed by atoms with Crippen LogP contribution in [0.4, 0.5) is 4.39 Å². The summed E-state index contributed by atoms with van der Waals surface area (Å²) < 4.78 is 14.6. The van der Waals surface area contributed by atoms with Crippen LogP contribution in [0.5, 0.6) is 0 Å². The largest absolute Gasteiger partial charge is 0.304 e. The molecule has 1 unspecified atom stereocenters. The average Bonchev–Trinajstić information content (AvgIpc) is 2.83. The molecule has 1 aliphatic rings. The van der Waals surface area contributed by atoms with Crippen molar-refractivity contribution < 1.29 is 4.39 Å². The number of benzene rings is 1. The Balaban J connectivity index is 2.02. The van der Waals surface area contributed by atoms with Crippen LogP contribution >= 0.6 is 0 Å². The summed E-state index contributed by atoms with van der Waals surface area (Å²) in [6.45, 7) is 2.92. The van der Waals surface area contributed by atoms with Gasteiger partial charge in [0.2, 0.25) is 0 Å². The van der Waals surface area contributed by atoms with Crippen LogP contribution in [0.3, 0.4) is 0 Å². The zero-order valence-corrected chi connectivity index (χ0v) is 8.94. The van der Waals surface area contributed by atoms with Crippen LogP contribution in [0.25, 0.3) is 5.69 Å². The smallest absolute Gasteiger partial charge is 0.123 e. The summed E-state index contributed by atoms with van der Waals surface area (Å²) in [6.07, 6.45) is 2.01. The maximum Gasteiger partial charge on any atom is 0.123 e. The Morgan fingerprint density at radius 3 is 2.81 bits per heavy atom. The van der Waals surface area contributed by atoms with Gasteiger partial charge in [-0.3, -0.25) is 0 Å². The summed E-state index contributed by atoms with van der Waals surface area (Å²) in [5.74, 6) is -0.224. The minimum absolute atomic E-state index is 0.224. The molecule has 0 radical (unpaired) electrons. The molecule has 16 heavy (non-hydrogen) atoms. The summed E-state index contributed by atoms with van der Waals surface area (Å²) in [4.78, 5) is 0. The molecule has 0 spiro atoms. The van der Waals surface area contributed by atoms with Crippen LogP contribution in [-0.2, 0) is 6.54 Å². The van der Waals surface area contributed by atoms with Gasteiger partial charge in [-0.2, -0.15) is 5.10 Å². The summed E-state index contributed by atoms with van der Waals surface area (Å²) in [7, 11) is 0. The first-order chi connectivity index (χ1) is 7.74. The predicted octanol–water partition coefficient (Wildman–Crippen LogP) is 2.18. The minimum atomic E-state index is -0.224. The van der Waals surface area contributed by atoms with Crippen molar-refractivity contribution in [2.45, 2.75) is 19.5 Å². The van der Waals surface area contributed by atoms with E-state index < -0.39 is 0 Å². The van der Waals surface area contributed by atoms with Crippen LogP contribution in [0.2, 0.25) is 0 Å². The first-order valence-corrected chi connectivity index (χ1v) is 5.32. The molecular formula is C12H12FN3. The standard InChI is InChI=1S/C12H12FN3/c1-8-11-7-16(15-12(11)6-14-8)10-4-2-9(13)3-5-10/h2-5,7-8,14H,6H2,1H3. The number of hydrogen-bond donors (Lipinski definition) is 1. The summed E-state index contributed by atoms with van der Waals surface area (Å²) in [5, 5.41) is 7.79. The number of halogens is 1. The first-order valence-electron chi connectivity index (χ1n) is 5.32. The van der Waals surface area contributed by atoms with Crippen molar-refractivity contribution >= 4 is 0 Å². The predicted molar refractivity (Wildman–Crippen MR) is 58.8 cm³/mol. The van der Waals surface area contributed by atoms with E-state index in [4.69, 9.17) is 0 Å². The molecule has 2 aromatic rings. The van der Waals surface area contributed by atoms with Crippen LogP contribution < -0.4 is 5.32 Å². The number of aromatic nitrogens is 2. The van der Waals surface area contributed by atoms with Gasteiger partial charge < -0.3 is 5.32 Å². The maximum absolute atomic E-state index is 12.8. The molecule has 1 atom stereocenters. The molecular weight excluding hydrogens is 205 g/mol. The highest BCUT2D eigenvalue weighted by atomic mass is 19.1. The average molecular weight is 217 g/mol. The number of fused-ring (bicyclic) bond motifs is 1. The van der Waals surface area contributed by atoms with Crippen molar-refractivity contribution in [3.63, 3.8) is 0 Å². The lowest BCUT2D eigenvalue weighted by Gasteiger charge is -2.04. The fourth-order valence-corrected chi connectivity index (χ4v) is 2.01. The third kappa shape index (κ3) is 1.42. The highest BCUT2D eigenvalue weighted by Crippen LogP contribution is 2.24.